The zero-order chi connectivity index (χ0) is 20.5. The second-order valence-electron chi connectivity index (χ2n) is 6.79. The molecule has 0 saturated carbocycles. The third-order valence-electron chi connectivity index (χ3n) is 4.58. The van der Waals surface area contributed by atoms with Crippen molar-refractivity contribution in [3.63, 3.8) is 0 Å². The van der Waals surface area contributed by atoms with Gasteiger partial charge < -0.3 is 24.3 Å². The van der Waals surface area contributed by atoms with Crippen molar-refractivity contribution in [1.29, 1.82) is 0 Å². The number of benzene rings is 1. The van der Waals surface area contributed by atoms with Crippen LogP contribution in [-0.4, -0.2) is 51.1 Å². The number of halogens is 1. The fraction of sp³-hybridized carbons (Fsp3) is 0.300. The molecule has 9 heteroatoms. The topological polar surface area (TPSA) is 93.9 Å². The number of aromatic amines is 1. The average molecular weight is 400 g/mol. The number of ether oxygens (including phenoxy) is 3. The smallest absolute Gasteiger partial charge is 0.247 e. The normalized spacial score (nSPS) is 12.6. The Morgan fingerprint density at radius 3 is 2.86 bits per heavy atom. The lowest BCUT2D eigenvalue weighted by molar-refractivity contribution is 0.0324. The molecule has 0 amide bonds. The number of aromatic nitrogens is 4. The van der Waals surface area contributed by atoms with Gasteiger partial charge in [0.1, 0.15) is 30.3 Å². The molecule has 0 spiro atoms. The van der Waals surface area contributed by atoms with Gasteiger partial charge in [-0.2, -0.15) is 10.1 Å². The van der Waals surface area contributed by atoms with E-state index in [1.807, 2.05) is 13.8 Å². The number of methoxy groups -OCH3 is 1. The maximum atomic E-state index is 14.9. The quantitative estimate of drug-likeness (QED) is 0.495. The molecule has 0 saturated heterocycles. The van der Waals surface area contributed by atoms with E-state index < -0.39 is 11.9 Å². The molecule has 0 aliphatic heterocycles. The third-order valence-corrected chi connectivity index (χ3v) is 4.58. The Labute approximate surface area is 165 Å². The molecule has 152 valence electrons. The van der Waals surface area contributed by atoms with E-state index >= 15 is 0 Å². The van der Waals surface area contributed by atoms with Gasteiger partial charge >= 0.3 is 0 Å². The average Bonchev–Trinajstić information content (AvgIpc) is 3.23. The highest BCUT2D eigenvalue weighted by molar-refractivity contribution is 5.83. The van der Waals surface area contributed by atoms with Crippen LogP contribution in [0.3, 0.4) is 0 Å². The maximum Gasteiger partial charge on any atom is 0.247 e. The van der Waals surface area contributed by atoms with E-state index in [9.17, 15) is 9.50 Å². The van der Waals surface area contributed by atoms with Crippen molar-refractivity contribution in [2.45, 2.75) is 20.0 Å². The molecule has 4 aromatic rings. The summed E-state index contributed by atoms with van der Waals surface area (Å²) in [5.41, 5.74) is 2.82. The van der Waals surface area contributed by atoms with Crippen LogP contribution in [0, 0.1) is 19.7 Å². The van der Waals surface area contributed by atoms with Crippen LogP contribution in [0.25, 0.3) is 16.4 Å². The minimum Gasteiger partial charge on any atom is -0.489 e. The van der Waals surface area contributed by atoms with Gasteiger partial charge in [0, 0.05) is 29.3 Å². The Hall–Kier alpha value is -3.17. The molecular formula is C20H21FN4O4. The van der Waals surface area contributed by atoms with Gasteiger partial charge in [-0.3, -0.25) is 0 Å². The highest BCUT2D eigenvalue weighted by Crippen LogP contribution is 2.34. The van der Waals surface area contributed by atoms with Crippen molar-refractivity contribution in [2.75, 3.05) is 20.3 Å². The second-order valence-corrected chi connectivity index (χ2v) is 6.79. The van der Waals surface area contributed by atoms with Crippen LogP contribution in [0.15, 0.2) is 30.7 Å². The van der Waals surface area contributed by atoms with Crippen LogP contribution >= 0.6 is 0 Å². The van der Waals surface area contributed by atoms with Crippen molar-refractivity contribution in [2.24, 2.45) is 0 Å². The van der Waals surface area contributed by atoms with Crippen molar-refractivity contribution < 1.29 is 23.7 Å². The van der Waals surface area contributed by atoms with Crippen molar-refractivity contribution >= 4 is 16.4 Å². The van der Waals surface area contributed by atoms with Gasteiger partial charge in [-0.15, -0.1) is 0 Å². The van der Waals surface area contributed by atoms with Gasteiger partial charge in [0.25, 0.3) is 0 Å². The van der Waals surface area contributed by atoms with Crippen LogP contribution in [0.1, 0.15) is 11.3 Å². The highest BCUT2D eigenvalue weighted by atomic mass is 19.1. The Balaban J connectivity index is 1.67. The first-order chi connectivity index (χ1) is 14.0. The molecule has 3 heterocycles. The summed E-state index contributed by atoms with van der Waals surface area (Å²) in [4.78, 5) is 7.27. The Morgan fingerprint density at radius 1 is 1.24 bits per heavy atom. The summed E-state index contributed by atoms with van der Waals surface area (Å²) in [6.07, 6.45) is 2.23. The van der Waals surface area contributed by atoms with Crippen LogP contribution in [-0.2, 0) is 4.74 Å². The van der Waals surface area contributed by atoms with Gasteiger partial charge in [-0.1, -0.05) is 0 Å². The maximum absolute atomic E-state index is 14.9. The van der Waals surface area contributed by atoms with Gasteiger partial charge in [0.15, 0.2) is 11.6 Å². The molecule has 0 unspecified atom stereocenters. The lowest BCUT2D eigenvalue weighted by Gasteiger charge is -2.11. The second kappa shape index (κ2) is 7.69. The molecule has 1 atom stereocenters. The molecule has 2 N–H and O–H groups in total. The third kappa shape index (κ3) is 3.62. The SMILES string of the molecule is COC[C@@H](O)COc1cn2ncnc(Oc3ccc4[nH]c(C)cc4c3F)c2c1C. The molecule has 0 aliphatic carbocycles. The van der Waals surface area contributed by atoms with E-state index in [0.717, 1.165) is 5.69 Å². The largest absolute Gasteiger partial charge is 0.489 e. The van der Waals surface area contributed by atoms with Gasteiger partial charge in [0.05, 0.1) is 12.8 Å². The number of aliphatic hydroxyl groups is 1. The Morgan fingerprint density at radius 2 is 2.07 bits per heavy atom. The summed E-state index contributed by atoms with van der Waals surface area (Å²) in [7, 11) is 1.51. The standard InChI is InChI=1S/C20H21FN4O4/c1-11-6-14-15(24-11)4-5-16(18(14)21)29-20-19-12(2)17(7-25(19)23-10-22-20)28-9-13(26)8-27-3/h4-7,10,13,24,26H,8-9H2,1-3H3/t13-/m1/s1. The van der Waals surface area contributed by atoms with Gasteiger partial charge in [0.2, 0.25) is 5.88 Å². The van der Waals surface area contributed by atoms with Crippen molar-refractivity contribution in [1.82, 2.24) is 19.6 Å². The number of nitrogens with zero attached hydrogens (tertiary/aromatic N) is 3. The van der Waals surface area contributed by atoms with E-state index in [1.54, 1.807) is 28.9 Å². The van der Waals surface area contributed by atoms with Crippen LogP contribution in [0.5, 0.6) is 17.4 Å². The first-order valence-electron chi connectivity index (χ1n) is 9.06. The number of fused-ring (bicyclic) bond motifs is 2. The number of hydrogen-bond acceptors (Lipinski definition) is 6. The lowest BCUT2D eigenvalue weighted by atomic mass is 10.2. The number of hydrogen-bond donors (Lipinski definition) is 2. The molecule has 1 aromatic carbocycles. The number of rotatable bonds is 7. The summed E-state index contributed by atoms with van der Waals surface area (Å²) in [6, 6.07) is 5.05. The number of aliphatic hydroxyl groups excluding tert-OH is 1. The summed E-state index contributed by atoms with van der Waals surface area (Å²) < 4.78 is 32.8. The molecule has 29 heavy (non-hydrogen) atoms. The monoisotopic (exact) mass is 400 g/mol. The number of aryl methyl sites for hydroxylation is 2. The van der Waals surface area contributed by atoms with E-state index in [0.29, 0.717) is 27.7 Å². The summed E-state index contributed by atoms with van der Waals surface area (Å²) in [5.74, 6) is 0.320. The zero-order valence-corrected chi connectivity index (χ0v) is 16.3. The minimum atomic E-state index is -0.755. The van der Waals surface area contributed by atoms with Gasteiger partial charge in [-0.05, 0) is 32.0 Å². The summed E-state index contributed by atoms with van der Waals surface area (Å²) in [6.45, 7) is 3.91. The van der Waals surface area contributed by atoms with E-state index in [-0.39, 0.29) is 24.8 Å². The Bertz CT molecular complexity index is 1170. The zero-order valence-electron chi connectivity index (χ0n) is 16.3. The summed E-state index contributed by atoms with van der Waals surface area (Å²) in [5, 5.41) is 14.4. The first kappa shape index (κ1) is 19.2. The molecule has 0 aliphatic rings. The van der Waals surface area contributed by atoms with Crippen LogP contribution in [0.4, 0.5) is 4.39 Å². The van der Waals surface area contributed by atoms with E-state index in [2.05, 4.69) is 15.1 Å². The summed E-state index contributed by atoms with van der Waals surface area (Å²) >= 11 is 0. The molecular weight excluding hydrogens is 379 g/mol. The predicted octanol–water partition coefficient (Wildman–Crippen LogP) is 3.14. The number of nitrogens with one attached hydrogen (secondary N) is 1. The lowest BCUT2D eigenvalue weighted by Crippen LogP contribution is -2.22. The van der Waals surface area contributed by atoms with Crippen LogP contribution in [0.2, 0.25) is 0 Å². The minimum absolute atomic E-state index is 0.0628. The van der Waals surface area contributed by atoms with Gasteiger partial charge in [-0.25, -0.2) is 8.91 Å². The number of H-pyrrole nitrogens is 1. The Kier molecular flexibility index (Phi) is 5.08. The molecule has 8 nitrogen and oxygen atoms in total. The fourth-order valence-corrected chi connectivity index (χ4v) is 3.22. The molecule has 3 aromatic heterocycles. The fourth-order valence-electron chi connectivity index (χ4n) is 3.22. The predicted molar refractivity (Wildman–Crippen MR) is 104 cm³/mol. The van der Waals surface area contributed by atoms with E-state index in [4.69, 9.17) is 14.2 Å². The highest BCUT2D eigenvalue weighted by Gasteiger charge is 2.18. The van der Waals surface area contributed by atoms with Crippen molar-refractivity contribution in [3.8, 4) is 17.4 Å². The first-order valence-corrected chi connectivity index (χ1v) is 9.06. The molecule has 4 rings (SSSR count). The van der Waals surface area contributed by atoms with Crippen LogP contribution < -0.4 is 9.47 Å². The molecule has 0 fully saturated rings. The van der Waals surface area contributed by atoms with E-state index in [1.165, 1.54) is 13.4 Å². The van der Waals surface area contributed by atoms with Crippen molar-refractivity contribution in [3.05, 3.63) is 47.8 Å². The molecule has 0 radical (unpaired) electrons. The molecule has 0 bridgehead atoms.